The molecule has 1 aliphatic carbocycles. The first kappa shape index (κ1) is 18.1. The van der Waals surface area contributed by atoms with Crippen LogP contribution >= 0.6 is 24.8 Å². The first-order chi connectivity index (χ1) is 9.29. The number of hydrogen-bond acceptors (Lipinski definition) is 3. The number of anilines is 2. The molecule has 1 fully saturated rings. The maximum Gasteiger partial charge on any atom is 0.241 e. The van der Waals surface area contributed by atoms with Gasteiger partial charge in [0.2, 0.25) is 5.91 Å². The number of rotatable bonds is 4. The third-order valence-corrected chi connectivity index (χ3v) is 3.91. The molecule has 1 aliphatic heterocycles. The normalized spacial score (nSPS) is 16.6. The summed E-state index contributed by atoms with van der Waals surface area (Å²) >= 11 is 0. The number of para-hydroxylation sites is 2. The second-order valence-corrected chi connectivity index (χ2v) is 5.45. The molecule has 3 rings (SSSR count). The van der Waals surface area contributed by atoms with Crippen molar-refractivity contribution in [2.45, 2.75) is 12.8 Å². The van der Waals surface area contributed by atoms with Gasteiger partial charge < -0.3 is 15.1 Å². The lowest BCUT2D eigenvalue weighted by molar-refractivity contribution is -0.117. The maximum absolute atomic E-state index is 12.1. The molecule has 0 aromatic heterocycles. The van der Waals surface area contributed by atoms with Gasteiger partial charge in [-0.1, -0.05) is 12.1 Å². The molecular weight excluding hydrogens is 309 g/mol. The van der Waals surface area contributed by atoms with Crippen LogP contribution in [0.4, 0.5) is 11.4 Å². The molecule has 1 N–H and O–H groups in total. The number of nitrogens with zero attached hydrogens (tertiary/aromatic N) is 2. The van der Waals surface area contributed by atoms with Gasteiger partial charge in [0.15, 0.2) is 0 Å². The highest BCUT2D eigenvalue weighted by molar-refractivity contribution is 5.99. The summed E-state index contributed by atoms with van der Waals surface area (Å²) in [7, 11) is 1.81. The molecule has 0 saturated heterocycles. The number of hydrogen-bond donors (Lipinski definition) is 1. The van der Waals surface area contributed by atoms with E-state index in [1.165, 1.54) is 18.5 Å². The Hall–Kier alpha value is -0.970. The summed E-state index contributed by atoms with van der Waals surface area (Å²) in [6.07, 6.45) is 2.72. The van der Waals surface area contributed by atoms with Crippen LogP contribution in [0.1, 0.15) is 12.8 Å². The van der Waals surface area contributed by atoms with E-state index in [0.717, 1.165) is 31.2 Å². The molecule has 4 nitrogen and oxygen atoms in total. The number of carbonyl (C=O) groups is 1. The van der Waals surface area contributed by atoms with Crippen molar-refractivity contribution in [2.24, 2.45) is 5.92 Å². The van der Waals surface area contributed by atoms with Crippen molar-refractivity contribution in [2.75, 3.05) is 43.0 Å². The zero-order valence-electron chi connectivity index (χ0n) is 12.2. The Morgan fingerprint density at radius 1 is 1.19 bits per heavy atom. The molecule has 118 valence electrons. The van der Waals surface area contributed by atoms with Gasteiger partial charge in [-0.15, -0.1) is 24.8 Å². The highest BCUT2D eigenvalue weighted by Crippen LogP contribution is 2.37. The van der Waals surface area contributed by atoms with Crippen molar-refractivity contribution in [3.05, 3.63) is 24.3 Å². The van der Waals surface area contributed by atoms with Crippen LogP contribution in [-0.4, -0.2) is 39.1 Å². The van der Waals surface area contributed by atoms with Crippen LogP contribution in [-0.2, 0) is 4.79 Å². The number of benzene rings is 1. The lowest BCUT2D eigenvalue weighted by atomic mass is 10.1. The Labute approximate surface area is 138 Å². The van der Waals surface area contributed by atoms with Crippen LogP contribution in [0.15, 0.2) is 24.3 Å². The van der Waals surface area contributed by atoms with E-state index >= 15 is 0 Å². The van der Waals surface area contributed by atoms with Crippen molar-refractivity contribution >= 4 is 42.1 Å². The summed E-state index contributed by atoms with van der Waals surface area (Å²) in [5.41, 5.74) is 2.28. The monoisotopic (exact) mass is 331 g/mol. The van der Waals surface area contributed by atoms with E-state index in [2.05, 4.69) is 28.4 Å². The van der Waals surface area contributed by atoms with E-state index in [-0.39, 0.29) is 30.7 Å². The minimum atomic E-state index is 0. The van der Waals surface area contributed by atoms with Crippen molar-refractivity contribution in [1.82, 2.24) is 5.32 Å². The third-order valence-electron chi connectivity index (χ3n) is 3.91. The number of nitrogens with one attached hydrogen (secondary N) is 1. The fraction of sp³-hybridized carbons (Fsp3) is 0.533. The van der Waals surface area contributed by atoms with Gasteiger partial charge in [-0.3, -0.25) is 4.79 Å². The maximum atomic E-state index is 12.1. The Bertz CT molecular complexity index is 480. The standard InChI is InChI=1S/C15H21N3O.2ClH/c1-16-10-15(19)18-9-8-17(11-12-6-7-12)13-4-2-3-5-14(13)18;;/h2-5,12,16H,6-11H2,1H3;2*1H. The summed E-state index contributed by atoms with van der Waals surface area (Å²) in [6.45, 7) is 3.29. The van der Waals surface area contributed by atoms with Crippen molar-refractivity contribution in [3.63, 3.8) is 0 Å². The second kappa shape index (κ2) is 7.87. The predicted molar refractivity (Wildman–Crippen MR) is 92.2 cm³/mol. The van der Waals surface area contributed by atoms with Crippen molar-refractivity contribution in [3.8, 4) is 0 Å². The molecule has 2 aliphatic rings. The second-order valence-electron chi connectivity index (χ2n) is 5.45. The first-order valence-electron chi connectivity index (χ1n) is 7.08. The Morgan fingerprint density at radius 2 is 1.86 bits per heavy atom. The highest BCUT2D eigenvalue weighted by atomic mass is 35.5. The lowest BCUT2D eigenvalue weighted by Crippen LogP contribution is -2.47. The minimum absolute atomic E-state index is 0. The number of amides is 1. The number of fused-ring (bicyclic) bond motifs is 1. The van der Waals surface area contributed by atoms with Gasteiger partial charge >= 0.3 is 0 Å². The SMILES string of the molecule is CNCC(=O)N1CCN(CC2CC2)c2ccccc21.Cl.Cl. The zero-order valence-corrected chi connectivity index (χ0v) is 13.9. The fourth-order valence-electron chi connectivity index (χ4n) is 2.73. The summed E-state index contributed by atoms with van der Waals surface area (Å²) < 4.78 is 0. The molecule has 0 radical (unpaired) electrons. The molecule has 21 heavy (non-hydrogen) atoms. The Morgan fingerprint density at radius 3 is 2.48 bits per heavy atom. The highest BCUT2D eigenvalue weighted by Gasteiger charge is 2.30. The Kier molecular flexibility index (Phi) is 6.78. The fourth-order valence-corrected chi connectivity index (χ4v) is 2.73. The predicted octanol–water partition coefficient (Wildman–Crippen LogP) is 2.31. The lowest BCUT2D eigenvalue weighted by Gasteiger charge is -2.38. The molecule has 1 heterocycles. The van der Waals surface area contributed by atoms with Crippen LogP contribution < -0.4 is 15.1 Å². The summed E-state index contributed by atoms with van der Waals surface area (Å²) in [5.74, 6) is 1.02. The van der Waals surface area contributed by atoms with E-state index in [4.69, 9.17) is 0 Å². The summed E-state index contributed by atoms with van der Waals surface area (Å²) in [5, 5.41) is 2.94. The van der Waals surface area contributed by atoms with Crippen LogP contribution in [0, 0.1) is 5.92 Å². The molecule has 0 spiro atoms. The van der Waals surface area contributed by atoms with Gasteiger partial charge in [-0.25, -0.2) is 0 Å². The molecule has 1 amide bonds. The van der Waals surface area contributed by atoms with Crippen LogP contribution in [0.25, 0.3) is 0 Å². The average Bonchev–Trinajstić information content (AvgIpc) is 3.23. The van der Waals surface area contributed by atoms with E-state index in [1.807, 2.05) is 18.0 Å². The van der Waals surface area contributed by atoms with Crippen LogP contribution in [0.2, 0.25) is 0 Å². The number of halogens is 2. The minimum Gasteiger partial charge on any atom is -0.368 e. The van der Waals surface area contributed by atoms with Crippen molar-refractivity contribution < 1.29 is 4.79 Å². The quantitative estimate of drug-likeness (QED) is 0.919. The Balaban J connectivity index is 0.00000110. The molecule has 1 aromatic carbocycles. The van der Waals surface area contributed by atoms with Gasteiger partial charge in [0.05, 0.1) is 17.9 Å². The van der Waals surface area contributed by atoms with E-state index < -0.39 is 0 Å². The van der Waals surface area contributed by atoms with Gasteiger partial charge in [-0.2, -0.15) is 0 Å². The molecular formula is C15H23Cl2N3O. The van der Waals surface area contributed by atoms with E-state index in [1.54, 1.807) is 0 Å². The molecule has 6 heteroatoms. The van der Waals surface area contributed by atoms with Gasteiger partial charge in [-0.05, 0) is 37.9 Å². The zero-order chi connectivity index (χ0) is 13.2. The van der Waals surface area contributed by atoms with Gasteiger partial charge in [0, 0.05) is 19.6 Å². The summed E-state index contributed by atoms with van der Waals surface area (Å²) in [4.78, 5) is 16.5. The van der Waals surface area contributed by atoms with E-state index in [9.17, 15) is 4.79 Å². The topological polar surface area (TPSA) is 35.6 Å². The molecule has 0 atom stereocenters. The van der Waals surface area contributed by atoms with Crippen molar-refractivity contribution in [1.29, 1.82) is 0 Å². The largest absolute Gasteiger partial charge is 0.368 e. The smallest absolute Gasteiger partial charge is 0.241 e. The third kappa shape index (κ3) is 4.02. The molecule has 0 unspecified atom stereocenters. The van der Waals surface area contributed by atoms with Gasteiger partial charge in [0.25, 0.3) is 0 Å². The van der Waals surface area contributed by atoms with E-state index in [0.29, 0.717) is 6.54 Å². The number of likely N-dealkylation sites (N-methyl/N-ethyl adjacent to an activating group) is 1. The number of carbonyl (C=O) groups excluding carboxylic acids is 1. The van der Waals surface area contributed by atoms with Crippen LogP contribution in [0.3, 0.4) is 0 Å². The summed E-state index contributed by atoms with van der Waals surface area (Å²) in [6, 6.07) is 8.27. The van der Waals surface area contributed by atoms with Crippen LogP contribution in [0.5, 0.6) is 0 Å². The molecule has 1 aromatic rings. The average molecular weight is 332 g/mol. The van der Waals surface area contributed by atoms with Gasteiger partial charge in [0.1, 0.15) is 0 Å². The first-order valence-corrected chi connectivity index (χ1v) is 7.08. The molecule has 1 saturated carbocycles. The molecule has 0 bridgehead atoms.